The molecule has 0 unspecified atom stereocenters. The average molecular weight is 219 g/mol. The highest BCUT2D eigenvalue weighted by Gasteiger charge is 2.15. The van der Waals surface area contributed by atoms with E-state index in [1.165, 1.54) is 31.6 Å². The molecule has 16 heavy (non-hydrogen) atoms. The van der Waals surface area contributed by atoms with Crippen molar-refractivity contribution in [1.29, 1.82) is 0 Å². The molecule has 0 aromatic carbocycles. The van der Waals surface area contributed by atoms with Gasteiger partial charge in [-0.1, -0.05) is 0 Å². The van der Waals surface area contributed by atoms with Crippen LogP contribution < -0.4 is 10.2 Å². The molecular formula is C13H21N3. The molecule has 1 fully saturated rings. The molecule has 0 spiro atoms. The smallest absolute Gasteiger partial charge is 0.0397 e. The molecule has 0 bridgehead atoms. The van der Waals surface area contributed by atoms with Gasteiger partial charge in [0.15, 0.2) is 0 Å². The van der Waals surface area contributed by atoms with E-state index in [-0.39, 0.29) is 0 Å². The van der Waals surface area contributed by atoms with Gasteiger partial charge in [-0.3, -0.25) is 4.98 Å². The molecule has 2 heterocycles. The summed E-state index contributed by atoms with van der Waals surface area (Å²) in [6.45, 7) is 5.55. The number of anilines is 1. The minimum atomic E-state index is 0.833. The monoisotopic (exact) mass is 219 g/mol. The Morgan fingerprint density at radius 2 is 2.19 bits per heavy atom. The SMILES string of the molecule is Cc1cc(N(C)CC2CCNCC2)ccn1. The van der Waals surface area contributed by atoms with Crippen molar-refractivity contribution in [2.75, 3.05) is 31.6 Å². The molecule has 1 aliphatic heterocycles. The highest BCUT2D eigenvalue weighted by molar-refractivity contribution is 5.45. The summed E-state index contributed by atoms with van der Waals surface area (Å²) in [6, 6.07) is 4.25. The van der Waals surface area contributed by atoms with Gasteiger partial charge in [0.2, 0.25) is 0 Å². The lowest BCUT2D eigenvalue weighted by Gasteiger charge is -2.28. The second-order valence-electron chi connectivity index (χ2n) is 4.73. The molecule has 1 aromatic heterocycles. The largest absolute Gasteiger partial charge is 0.374 e. The van der Waals surface area contributed by atoms with Gasteiger partial charge in [0.25, 0.3) is 0 Å². The van der Waals surface area contributed by atoms with E-state index < -0.39 is 0 Å². The highest BCUT2D eigenvalue weighted by Crippen LogP contribution is 2.18. The molecule has 88 valence electrons. The van der Waals surface area contributed by atoms with Gasteiger partial charge in [0.05, 0.1) is 0 Å². The zero-order valence-electron chi connectivity index (χ0n) is 10.2. The summed E-state index contributed by atoms with van der Waals surface area (Å²) >= 11 is 0. The van der Waals surface area contributed by atoms with Crippen LogP contribution in [0, 0.1) is 12.8 Å². The molecule has 0 saturated carbocycles. The van der Waals surface area contributed by atoms with Crippen LogP contribution in [0.4, 0.5) is 5.69 Å². The van der Waals surface area contributed by atoms with Gasteiger partial charge in [0, 0.05) is 31.2 Å². The van der Waals surface area contributed by atoms with Crippen molar-refractivity contribution in [1.82, 2.24) is 10.3 Å². The van der Waals surface area contributed by atoms with Gasteiger partial charge in [0.1, 0.15) is 0 Å². The van der Waals surface area contributed by atoms with Gasteiger partial charge in [-0.15, -0.1) is 0 Å². The second-order valence-corrected chi connectivity index (χ2v) is 4.73. The van der Waals surface area contributed by atoms with Crippen molar-refractivity contribution in [2.45, 2.75) is 19.8 Å². The Bertz CT molecular complexity index is 332. The summed E-state index contributed by atoms with van der Waals surface area (Å²) in [6.07, 6.45) is 4.49. The number of nitrogens with zero attached hydrogens (tertiary/aromatic N) is 2. The molecule has 0 radical (unpaired) electrons. The molecule has 1 aliphatic rings. The lowest BCUT2D eigenvalue weighted by atomic mass is 9.97. The predicted octanol–water partition coefficient (Wildman–Crippen LogP) is 1.83. The van der Waals surface area contributed by atoms with Crippen LogP contribution in [0.2, 0.25) is 0 Å². The van der Waals surface area contributed by atoms with Crippen LogP contribution in [0.25, 0.3) is 0 Å². The molecule has 2 rings (SSSR count). The van der Waals surface area contributed by atoms with Crippen molar-refractivity contribution >= 4 is 5.69 Å². The average Bonchev–Trinajstić information content (AvgIpc) is 2.30. The van der Waals surface area contributed by atoms with Gasteiger partial charge in [-0.05, 0) is 50.9 Å². The van der Waals surface area contributed by atoms with Gasteiger partial charge in [-0.25, -0.2) is 0 Å². The van der Waals surface area contributed by atoms with E-state index in [1.807, 2.05) is 13.1 Å². The van der Waals surface area contributed by atoms with E-state index in [0.29, 0.717) is 0 Å². The van der Waals surface area contributed by atoms with E-state index in [2.05, 4.69) is 34.4 Å². The van der Waals surface area contributed by atoms with Crippen LogP contribution in [0.3, 0.4) is 0 Å². The van der Waals surface area contributed by atoms with Crippen LogP contribution in [0.1, 0.15) is 18.5 Å². The Hall–Kier alpha value is -1.09. The van der Waals surface area contributed by atoms with Crippen molar-refractivity contribution < 1.29 is 0 Å². The first kappa shape index (κ1) is 11.4. The Morgan fingerprint density at radius 1 is 1.44 bits per heavy atom. The summed E-state index contributed by atoms with van der Waals surface area (Å²) in [4.78, 5) is 6.58. The number of hydrogen-bond donors (Lipinski definition) is 1. The molecule has 1 aromatic rings. The normalized spacial score (nSPS) is 17.4. The van der Waals surface area contributed by atoms with E-state index in [9.17, 15) is 0 Å². The molecule has 3 heteroatoms. The zero-order valence-corrected chi connectivity index (χ0v) is 10.2. The molecule has 0 amide bonds. The summed E-state index contributed by atoms with van der Waals surface area (Å²) in [5.74, 6) is 0.833. The van der Waals surface area contributed by atoms with Crippen LogP contribution in [0.5, 0.6) is 0 Å². The number of hydrogen-bond acceptors (Lipinski definition) is 3. The number of pyridine rings is 1. The first-order valence-electron chi connectivity index (χ1n) is 6.10. The van der Waals surface area contributed by atoms with Crippen molar-refractivity contribution in [2.24, 2.45) is 5.92 Å². The lowest BCUT2D eigenvalue weighted by Crippen LogP contribution is -2.34. The molecular weight excluding hydrogens is 198 g/mol. The van der Waals surface area contributed by atoms with E-state index in [4.69, 9.17) is 0 Å². The standard InChI is InChI=1S/C13H21N3/c1-11-9-13(5-8-15-11)16(2)10-12-3-6-14-7-4-12/h5,8-9,12,14H,3-4,6-7,10H2,1-2H3. The van der Waals surface area contributed by atoms with Crippen molar-refractivity contribution in [3.05, 3.63) is 24.0 Å². The van der Waals surface area contributed by atoms with E-state index in [0.717, 1.165) is 18.2 Å². The number of piperidine rings is 1. The number of aromatic nitrogens is 1. The third-order valence-corrected chi connectivity index (χ3v) is 3.31. The first-order chi connectivity index (χ1) is 7.75. The number of rotatable bonds is 3. The molecule has 0 aliphatic carbocycles. The topological polar surface area (TPSA) is 28.2 Å². The van der Waals surface area contributed by atoms with Gasteiger partial charge in [-0.2, -0.15) is 0 Å². The Labute approximate surface area is 97.9 Å². The number of aryl methyl sites for hydroxylation is 1. The molecule has 0 atom stereocenters. The predicted molar refractivity (Wildman–Crippen MR) is 67.8 cm³/mol. The quantitative estimate of drug-likeness (QED) is 0.840. The zero-order chi connectivity index (χ0) is 11.4. The maximum Gasteiger partial charge on any atom is 0.0397 e. The summed E-state index contributed by atoms with van der Waals surface area (Å²) < 4.78 is 0. The first-order valence-corrected chi connectivity index (χ1v) is 6.10. The fraction of sp³-hybridized carbons (Fsp3) is 0.615. The van der Waals surface area contributed by atoms with E-state index in [1.54, 1.807) is 0 Å². The fourth-order valence-electron chi connectivity index (χ4n) is 2.33. The second kappa shape index (κ2) is 5.30. The Balaban J connectivity index is 1.94. The minimum absolute atomic E-state index is 0.833. The third-order valence-electron chi connectivity index (χ3n) is 3.31. The summed E-state index contributed by atoms with van der Waals surface area (Å²) in [5.41, 5.74) is 2.38. The van der Waals surface area contributed by atoms with Gasteiger partial charge < -0.3 is 10.2 Å². The Morgan fingerprint density at radius 3 is 2.88 bits per heavy atom. The van der Waals surface area contributed by atoms with Crippen LogP contribution in [0.15, 0.2) is 18.3 Å². The maximum absolute atomic E-state index is 4.23. The summed E-state index contributed by atoms with van der Waals surface area (Å²) in [7, 11) is 2.18. The van der Waals surface area contributed by atoms with Crippen molar-refractivity contribution in [3.63, 3.8) is 0 Å². The third kappa shape index (κ3) is 2.95. The lowest BCUT2D eigenvalue weighted by molar-refractivity contribution is 0.378. The molecule has 1 N–H and O–H groups in total. The van der Waals surface area contributed by atoms with Crippen LogP contribution >= 0.6 is 0 Å². The fourth-order valence-corrected chi connectivity index (χ4v) is 2.33. The highest BCUT2D eigenvalue weighted by atomic mass is 15.1. The summed E-state index contributed by atoms with van der Waals surface area (Å²) in [5, 5.41) is 3.41. The maximum atomic E-state index is 4.23. The van der Waals surface area contributed by atoms with Crippen molar-refractivity contribution in [3.8, 4) is 0 Å². The molecule has 3 nitrogen and oxygen atoms in total. The molecule has 1 saturated heterocycles. The Kier molecular flexibility index (Phi) is 3.78. The van der Waals surface area contributed by atoms with E-state index >= 15 is 0 Å². The van der Waals surface area contributed by atoms with Crippen LogP contribution in [-0.2, 0) is 0 Å². The van der Waals surface area contributed by atoms with Crippen LogP contribution in [-0.4, -0.2) is 31.7 Å². The number of nitrogens with one attached hydrogen (secondary N) is 1. The minimum Gasteiger partial charge on any atom is -0.374 e. The van der Waals surface area contributed by atoms with Gasteiger partial charge >= 0.3 is 0 Å².